The lowest BCUT2D eigenvalue weighted by molar-refractivity contribution is -0.138. The maximum Gasteiger partial charge on any atom is 0.340 e. The lowest BCUT2D eigenvalue weighted by Crippen LogP contribution is -2.44. The van der Waals surface area contributed by atoms with Gasteiger partial charge in [0, 0.05) is 44.4 Å². The van der Waals surface area contributed by atoms with E-state index in [-0.39, 0.29) is 36.5 Å². The number of nitrogens with one attached hydrogen (secondary N) is 1. The molecule has 190 valence electrons. The first kappa shape index (κ1) is 25.4. The molecule has 0 aromatic heterocycles. The number of piperazine rings is 1. The van der Waals surface area contributed by atoms with Gasteiger partial charge in [-0.1, -0.05) is 6.58 Å². The second-order valence-electron chi connectivity index (χ2n) is 8.87. The van der Waals surface area contributed by atoms with Gasteiger partial charge >= 0.3 is 5.97 Å². The summed E-state index contributed by atoms with van der Waals surface area (Å²) >= 11 is 0. The molecule has 7 nitrogen and oxygen atoms in total. The molecule has 2 heterocycles. The second-order valence-corrected chi connectivity index (χ2v) is 8.87. The number of nitrogens with two attached hydrogens (primary N) is 1. The minimum atomic E-state index is -0.606. The predicted octanol–water partition coefficient (Wildman–Crippen LogP) is 4.09. The fraction of sp³-hybridized carbons (Fsp3) is 0.333. The maximum absolute atomic E-state index is 15.4. The van der Waals surface area contributed by atoms with Crippen LogP contribution in [0, 0.1) is 11.6 Å². The van der Waals surface area contributed by atoms with Crippen molar-refractivity contribution in [1.29, 1.82) is 0 Å². The molecule has 1 fully saturated rings. The zero-order valence-corrected chi connectivity index (χ0v) is 20.5. The lowest BCUT2D eigenvalue weighted by atomic mass is 9.92. The molecule has 0 saturated carbocycles. The summed E-state index contributed by atoms with van der Waals surface area (Å²) in [7, 11) is 0. The van der Waals surface area contributed by atoms with Crippen molar-refractivity contribution >= 4 is 40.1 Å². The third kappa shape index (κ3) is 4.97. The Labute approximate surface area is 209 Å². The van der Waals surface area contributed by atoms with Crippen molar-refractivity contribution in [2.75, 3.05) is 48.3 Å². The molecule has 2 aromatic rings. The Morgan fingerprint density at radius 2 is 1.81 bits per heavy atom. The summed E-state index contributed by atoms with van der Waals surface area (Å²) in [6.07, 6.45) is 2.03. The summed E-state index contributed by atoms with van der Waals surface area (Å²) in [6.45, 7) is 10.1. The average molecular weight is 497 g/mol. The minimum absolute atomic E-state index is 0.0450. The van der Waals surface area contributed by atoms with Crippen molar-refractivity contribution in [2.45, 2.75) is 26.7 Å². The molecule has 0 bridgehead atoms. The van der Waals surface area contributed by atoms with Gasteiger partial charge in [-0.05, 0) is 55.7 Å². The molecule has 0 atom stereocenters. The lowest BCUT2D eigenvalue weighted by Gasteiger charge is -2.35. The number of fused-ring (bicyclic) bond motifs is 1. The highest BCUT2D eigenvalue weighted by Crippen LogP contribution is 2.45. The molecule has 0 unspecified atom stereocenters. The number of halogens is 2. The van der Waals surface area contributed by atoms with Gasteiger partial charge in [0.15, 0.2) is 0 Å². The van der Waals surface area contributed by atoms with Crippen LogP contribution in [0.5, 0.6) is 0 Å². The van der Waals surface area contributed by atoms with Crippen molar-refractivity contribution in [2.24, 2.45) is 0 Å². The van der Waals surface area contributed by atoms with Gasteiger partial charge in [-0.2, -0.15) is 0 Å². The summed E-state index contributed by atoms with van der Waals surface area (Å²) in [5, 5.41) is 3.25. The van der Waals surface area contributed by atoms with Gasteiger partial charge in [-0.15, -0.1) is 0 Å². The number of carbonyl (C=O) groups excluding carboxylic acids is 2. The number of nitrogen functional groups attached to an aromatic ring is 1. The molecule has 2 aliphatic heterocycles. The standard InChI is InChI=1S/C27H30F2N4O3/c1-4-36-27(35)20-15-33(24-13-23(30)21(28)11-18(24)6-5-16(2)34)25-14-26(32-9-7-31-8-10-32)22(29)12-19(25)17(20)3/h11-15,31H,3-10,30H2,1-2H3. The predicted molar refractivity (Wildman–Crippen MR) is 137 cm³/mol. The molecule has 4 rings (SSSR count). The van der Waals surface area contributed by atoms with Gasteiger partial charge in [0.05, 0.1) is 34.9 Å². The maximum atomic E-state index is 15.4. The van der Waals surface area contributed by atoms with Gasteiger partial charge in [0.1, 0.15) is 17.4 Å². The number of carbonyl (C=O) groups is 2. The normalized spacial score (nSPS) is 15.4. The first-order valence-corrected chi connectivity index (χ1v) is 12.0. The largest absolute Gasteiger partial charge is 0.462 e. The van der Waals surface area contributed by atoms with E-state index in [4.69, 9.17) is 10.5 Å². The fourth-order valence-electron chi connectivity index (χ4n) is 4.50. The van der Waals surface area contributed by atoms with E-state index in [1.165, 1.54) is 25.1 Å². The molecule has 1 saturated heterocycles. The number of hydrogen-bond donors (Lipinski definition) is 2. The van der Waals surface area contributed by atoms with Crippen LogP contribution in [-0.4, -0.2) is 44.5 Å². The van der Waals surface area contributed by atoms with Gasteiger partial charge in [-0.25, -0.2) is 13.6 Å². The van der Waals surface area contributed by atoms with Gasteiger partial charge in [0.2, 0.25) is 0 Å². The van der Waals surface area contributed by atoms with E-state index < -0.39 is 17.6 Å². The molecule has 9 heteroatoms. The van der Waals surface area contributed by atoms with E-state index in [1.54, 1.807) is 24.1 Å². The number of ketones is 1. The summed E-state index contributed by atoms with van der Waals surface area (Å²) in [6, 6.07) is 5.86. The number of nitrogens with zero attached hydrogens (tertiary/aromatic N) is 2. The van der Waals surface area contributed by atoms with Crippen molar-refractivity contribution in [3.63, 3.8) is 0 Å². The van der Waals surface area contributed by atoms with Crippen LogP contribution < -0.4 is 20.9 Å². The highest BCUT2D eigenvalue weighted by molar-refractivity contribution is 6.10. The van der Waals surface area contributed by atoms with Crippen LogP contribution in [0.2, 0.25) is 0 Å². The quantitative estimate of drug-likeness (QED) is 0.441. The number of benzene rings is 2. The monoisotopic (exact) mass is 496 g/mol. The van der Waals surface area contributed by atoms with Gasteiger partial charge in [-0.3, -0.25) is 0 Å². The Bertz CT molecular complexity index is 1250. The number of esters is 1. The van der Waals surface area contributed by atoms with E-state index in [0.29, 0.717) is 46.9 Å². The highest BCUT2D eigenvalue weighted by atomic mass is 19.1. The number of ether oxygens (including phenoxy) is 1. The second kappa shape index (κ2) is 10.5. The van der Waals surface area contributed by atoms with Crippen LogP contribution >= 0.6 is 0 Å². The Hall–Kier alpha value is -3.72. The number of hydrogen-bond acceptors (Lipinski definition) is 7. The molecule has 36 heavy (non-hydrogen) atoms. The molecular formula is C27H30F2N4O3. The summed E-state index contributed by atoms with van der Waals surface area (Å²) in [4.78, 5) is 28.1. The van der Waals surface area contributed by atoms with Gasteiger partial charge < -0.3 is 30.4 Å². The first-order chi connectivity index (χ1) is 17.2. The molecule has 0 spiro atoms. The van der Waals surface area contributed by atoms with Crippen LogP contribution in [0.1, 0.15) is 31.4 Å². The SMILES string of the molecule is C=C1C(C(=O)OCC)=CN(c2cc(N)c(F)cc2CCC(C)=O)c2cc(N3CCNCC3)c(F)cc21. The van der Waals surface area contributed by atoms with E-state index >= 15 is 4.39 Å². The molecule has 0 aliphatic carbocycles. The van der Waals surface area contributed by atoms with Crippen LogP contribution in [-0.2, 0) is 20.7 Å². The van der Waals surface area contributed by atoms with Gasteiger partial charge in [0.25, 0.3) is 0 Å². The minimum Gasteiger partial charge on any atom is -0.462 e. The summed E-state index contributed by atoms with van der Waals surface area (Å²) in [5.74, 6) is -1.69. The molecule has 2 aliphatic rings. The highest BCUT2D eigenvalue weighted by Gasteiger charge is 2.31. The fourth-order valence-corrected chi connectivity index (χ4v) is 4.50. The third-order valence-electron chi connectivity index (χ3n) is 6.39. The van der Waals surface area contributed by atoms with Crippen LogP contribution in [0.3, 0.4) is 0 Å². The van der Waals surface area contributed by atoms with E-state index in [0.717, 1.165) is 13.1 Å². The third-order valence-corrected chi connectivity index (χ3v) is 6.39. The van der Waals surface area contributed by atoms with Crippen molar-refractivity contribution in [3.8, 4) is 0 Å². The Morgan fingerprint density at radius 3 is 2.47 bits per heavy atom. The number of aryl methyl sites for hydroxylation is 1. The van der Waals surface area contributed by atoms with Crippen LogP contribution in [0.25, 0.3) is 5.57 Å². The zero-order chi connectivity index (χ0) is 26.0. The smallest absolute Gasteiger partial charge is 0.340 e. The van der Waals surface area contributed by atoms with Crippen LogP contribution in [0.4, 0.5) is 31.5 Å². The average Bonchev–Trinajstić information content (AvgIpc) is 2.85. The van der Waals surface area contributed by atoms with E-state index in [2.05, 4.69) is 11.9 Å². The molecule has 2 aromatic carbocycles. The van der Waals surface area contributed by atoms with Crippen molar-refractivity contribution in [1.82, 2.24) is 5.32 Å². The summed E-state index contributed by atoms with van der Waals surface area (Å²) < 4.78 is 35.1. The van der Waals surface area contributed by atoms with Crippen LogP contribution in [0.15, 0.2) is 42.6 Å². The molecule has 0 radical (unpaired) electrons. The Morgan fingerprint density at radius 1 is 1.08 bits per heavy atom. The van der Waals surface area contributed by atoms with Crippen molar-refractivity contribution in [3.05, 3.63) is 65.4 Å². The number of anilines is 4. The van der Waals surface area contributed by atoms with E-state index in [1.807, 2.05) is 4.90 Å². The molecular weight excluding hydrogens is 466 g/mol. The topological polar surface area (TPSA) is 87.9 Å². The van der Waals surface area contributed by atoms with E-state index in [9.17, 15) is 14.0 Å². The zero-order valence-electron chi connectivity index (χ0n) is 20.5. The summed E-state index contributed by atoms with van der Waals surface area (Å²) in [5.41, 5.74) is 8.75. The molecule has 0 amide bonds. The number of Topliss-reactive ketones (excluding diaryl/α,β-unsaturated/α-hetero) is 1. The van der Waals surface area contributed by atoms with Crippen molar-refractivity contribution < 1.29 is 23.1 Å². The Kier molecular flexibility index (Phi) is 7.40. The molecule has 3 N–H and O–H groups in total. The number of rotatable bonds is 7. The Balaban J connectivity index is 1.92. The first-order valence-electron chi connectivity index (χ1n) is 12.0.